The van der Waals surface area contributed by atoms with Crippen LogP contribution in [-0.4, -0.2) is 21.0 Å². The number of aryl methyl sites for hydroxylation is 1. The molecular formula is C24H24Cl2N4O3S. The first-order valence-electron chi connectivity index (χ1n) is 10.7. The lowest BCUT2D eigenvalue weighted by Gasteiger charge is -2.19. The van der Waals surface area contributed by atoms with Crippen molar-refractivity contribution in [2.24, 2.45) is 0 Å². The molecule has 4 rings (SSSR count). The predicted molar refractivity (Wildman–Crippen MR) is 138 cm³/mol. The average molecular weight is 519 g/mol. The summed E-state index contributed by atoms with van der Waals surface area (Å²) in [5.41, 5.74) is 3.77. The maximum absolute atomic E-state index is 12.8. The van der Waals surface area contributed by atoms with Gasteiger partial charge in [-0.1, -0.05) is 35.3 Å². The van der Waals surface area contributed by atoms with E-state index in [1.165, 1.54) is 24.3 Å². The lowest BCUT2D eigenvalue weighted by molar-refractivity contribution is 0.249. The second-order valence-corrected chi connectivity index (χ2v) is 10.5. The van der Waals surface area contributed by atoms with Gasteiger partial charge in [0.1, 0.15) is 0 Å². The second kappa shape index (κ2) is 10.1. The van der Waals surface area contributed by atoms with E-state index in [9.17, 15) is 13.2 Å². The SMILES string of the molecule is CC(NC(=O)Nc1ccc(S(=O)(=O)Nc2ccc3c(c2)CCCN3)cc1)c1cccc(Cl)c1Cl. The molecule has 178 valence electrons. The van der Waals surface area contributed by atoms with Crippen LogP contribution in [0.2, 0.25) is 10.0 Å². The quantitative estimate of drug-likeness (QED) is 0.319. The third-order valence-corrected chi connectivity index (χ3v) is 7.74. The van der Waals surface area contributed by atoms with E-state index in [0.29, 0.717) is 27.0 Å². The Morgan fingerprint density at radius 2 is 1.76 bits per heavy atom. The molecule has 0 spiro atoms. The van der Waals surface area contributed by atoms with E-state index in [4.69, 9.17) is 23.2 Å². The topological polar surface area (TPSA) is 99.3 Å². The Morgan fingerprint density at radius 3 is 2.53 bits per heavy atom. The first-order chi connectivity index (χ1) is 16.2. The van der Waals surface area contributed by atoms with Crippen molar-refractivity contribution >= 4 is 56.3 Å². The molecule has 1 heterocycles. The molecular weight excluding hydrogens is 495 g/mol. The minimum Gasteiger partial charge on any atom is -0.385 e. The van der Waals surface area contributed by atoms with Gasteiger partial charge in [0.05, 0.1) is 21.0 Å². The van der Waals surface area contributed by atoms with Crippen LogP contribution in [0.1, 0.15) is 30.5 Å². The smallest absolute Gasteiger partial charge is 0.319 e. The number of halogens is 2. The van der Waals surface area contributed by atoms with E-state index < -0.39 is 16.1 Å². The number of hydrogen-bond acceptors (Lipinski definition) is 4. The van der Waals surface area contributed by atoms with Gasteiger partial charge in [0, 0.05) is 23.6 Å². The maximum Gasteiger partial charge on any atom is 0.319 e. The van der Waals surface area contributed by atoms with E-state index in [-0.39, 0.29) is 10.9 Å². The van der Waals surface area contributed by atoms with Gasteiger partial charge in [0.2, 0.25) is 0 Å². The minimum atomic E-state index is -3.77. The number of rotatable bonds is 6. The summed E-state index contributed by atoms with van der Waals surface area (Å²) in [7, 11) is -3.77. The fourth-order valence-electron chi connectivity index (χ4n) is 3.77. The normalized spacial score (nSPS) is 13.9. The highest BCUT2D eigenvalue weighted by atomic mass is 35.5. The summed E-state index contributed by atoms with van der Waals surface area (Å²) < 4.78 is 28.3. The maximum atomic E-state index is 12.8. The molecule has 0 fully saturated rings. The number of sulfonamides is 1. The van der Waals surface area contributed by atoms with Gasteiger partial charge in [-0.3, -0.25) is 4.72 Å². The fraction of sp³-hybridized carbons (Fsp3) is 0.208. The second-order valence-electron chi connectivity index (χ2n) is 8.00. The van der Waals surface area contributed by atoms with Crippen LogP contribution in [0.5, 0.6) is 0 Å². The minimum absolute atomic E-state index is 0.0911. The Bertz CT molecular complexity index is 1310. The van der Waals surface area contributed by atoms with Gasteiger partial charge in [-0.05, 0) is 79.4 Å². The van der Waals surface area contributed by atoms with Crippen molar-refractivity contribution < 1.29 is 13.2 Å². The van der Waals surface area contributed by atoms with E-state index >= 15 is 0 Å². The molecule has 0 saturated carbocycles. The van der Waals surface area contributed by atoms with Gasteiger partial charge in [0.25, 0.3) is 10.0 Å². The number of amides is 2. The molecule has 0 bridgehead atoms. The van der Waals surface area contributed by atoms with Crippen molar-refractivity contribution in [3.05, 3.63) is 81.8 Å². The lowest BCUT2D eigenvalue weighted by Crippen LogP contribution is -2.31. The standard InChI is InChI=1S/C24H24Cl2N4O3S/c1-15(20-5-2-6-21(25)23(20)26)28-24(31)29-17-7-10-19(11-8-17)34(32,33)30-18-9-12-22-16(14-18)4-3-13-27-22/h2,5-12,14-15,27,30H,3-4,13H2,1H3,(H2,28,29,31). The molecule has 3 aromatic rings. The molecule has 2 amide bonds. The molecule has 10 heteroatoms. The molecule has 7 nitrogen and oxygen atoms in total. The summed E-state index contributed by atoms with van der Waals surface area (Å²) in [6.45, 7) is 2.71. The van der Waals surface area contributed by atoms with Crippen LogP contribution in [0.3, 0.4) is 0 Å². The summed E-state index contributed by atoms with van der Waals surface area (Å²) >= 11 is 12.3. The van der Waals surface area contributed by atoms with Gasteiger partial charge in [-0.15, -0.1) is 0 Å². The molecule has 1 unspecified atom stereocenters. The third-order valence-electron chi connectivity index (χ3n) is 5.51. The van der Waals surface area contributed by atoms with Crippen molar-refractivity contribution in [3.8, 4) is 0 Å². The number of hydrogen-bond donors (Lipinski definition) is 4. The van der Waals surface area contributed by atoms with Crippen LogP contribution in [0.4, 0.5) is 21.9 Å². The Morgan fingerprint density at radius 1 is 1.03 bits per heavy atom. The van der Waals surface area contributed by atoms with Crippen molar-refractivity contribution in [2.45, 2.75) is 30.7 Å². The third kappa shape index (κ3) is 5.58. The highest BCUT2D eigenvalue weighted by Crippen LogP contribution is 2.30. The highest BCUT2D eigenvalue weighted by Gasteiger charge is 2.17. The van der Waals surface area contributed by atoms with Crippen molar-refractivity contribution in [1.29, 1.82) is 0 Å². The first kappa shape index (κ1) is 24.2. The number of anilines is 3. The Labute approximate surface area is 208 Å². The van der Waals surface area contributed by atoms with Crippen molar-refractivity contribution in [1.82, 2.24) is 5.32 Å². The van der Waals surface area contributed by atoms with Gasteiger partial charge in [-0.25, -0.2) is 13.2 Å². The van der Waals surface area contributed by atoms with Gasteiger partial charge < -0.3 is 16.0 Å². The number of nitrogens with one attached hydrogen (secondary N) is 4. The Hall–Kier alpha value is -2.94. The van der Waals surface area contributed by atoms with Crippen LogP contribution < -0.4 is 20.7 Å². The number of carbonyl (C=O) groups excluding carboxylic acids is 1. The molecule has 4 N–H and O–H groups in total. The lowest BCUT2D eigenvalue weighted by atomic mass is 10.0. The van der Waals surface area contributed by atoms with E-state index in [1.54, 1.807) is 31.2 Å². The van der Waals surface area contributed by atoms with Crippen LogP contribution in [-0.2, 0) is 16.4 Å². The zero-order valence-corrected chi connectivity index (χ0v) is 20.7. The van der Waals surface area contributed by atoms with E-state index in [2.05, 4.69) is 20.7 Å². The summed E-state index contributed by atoms with van der Waals surface area (Å²) in [4.78, 5) is 12.5. The Balaban J connectivity index is 1.39. The molecule has 1 atom stereocenters. The van der Waals surface area contributed by atoms with Crippen molar-refractivity contribution in [3.63, 3.8) is 0 Å². The van der Waals surface area contributed by atoms with Gasteiger partial charge >= 0.3 is 6.03 Å². The Kier molecular flexibility index (Phi) is 7.21. The van der Waals surface area contributed by atoms with Gasteiger partial charge in [0.15, 0.2) is 0 Å². The number of benzene rings is 3. The first-order valence-corrected chi connectivity index (χ1v) is 13.0. The van der Waals surface area contributed by atoms with E-state index in [0.717, 1.165) is 30.6 Å². The molecule has 0 saturated heterocycles. The molecule has 1 aliphatic heterocycles. The molecule has 34 heavy (non-hydrogen) atoms. The largest absolute Gasteiger partial charge is 0.385 e. The molecule has 1 aliphatic rings. The summed E-state index contributed by atoms with van der Waals surface area (Å²) in [5.74, 6) is 0. The molecule has 0 aromatic heterocycles. The number of urea groups is 1. The monoisotopic (exact) mass is 518 g/mol. The summed E-state index contributed by atoms with van der Waals surface area (Å²) in [6, 6.07) is 15.8. The predicted octanol–water partition coefficient (Wildman–Crippen LogP) is 6.04. The van der Waals surface area contributed by atoms with Crippen LogP contribution in [0, 0.1) is 0 Å². The molecule has 3 aromatic carbocycles. The summed E-state index contributed by atoms with van der Waals surface area (Å²) in [5, 5.41) is 9.57. The van der Waals surface area contributed by atoms with Crippen LogP contribution in [0.15, 0.2) is 65.6 Å². The van der Waals surface area contributed by atoms with Gasteiger partial charge in [-0.2, -0.15) is 0 Å². The van der Waals surface area contributed by atoms with Crippen LogP contribution in [0.25, 0.3) is 0 Å². The fourth-order valence-corrected chi connectivity index (χ4v) is 5.29. The van der Waals surface area contributed by atoms with Crippen molar-refractivity contribution in [2.75, 3.05) is 21.9 Å². The van der Waals surface area contributed by atoms with E-state index in [1.807, 2.05) is 12.1 Å². The summed E-state index contributed by atoms with van der Waals surface area (Å²) in [6.07, 6.45) is 1.92. The number of carbonyl (C=O) groups is 1. The molecule has 0 radical (unpaired) electrons. The number of fused-ring (bicyclic) bond motifs is 1. The van der Waals surface area contributed by atoms with Crippen LogP contribution >= 0.6 is 23.2 Å². The zero-order valence-electron chi connectivity index (χ0n) is 18.4. The average Bonchev–Trinajstić information content (AvgIpc) is 2.80. The highest BCUT2D eigenvalue weighted by molar-refractivity contribution is 7.92. The molecule has 0 aliphatic carbocycles. The zero-order chi connectivity index (χ0) is 24.3.